The highest BCUT2D eigenvalue weighted by Crippen LogP contribution is 2.37. The second kappa shape index (κ2) is 3.72. The lowest BCUT2D eigenvalue weighted by Crippen LogP contribution is -2.64. The molecule has 1 unspecified atom stereocenters. The molecular weight excluding hydrogens is 188 g/mol. The first-order valence-corrected chi connectivity index (χ1v) is 5.97. The molecule has 2 fully saturated rings. The zero-order valence-electron chi connectivity index (χ0n) is 10.5. The molecule has 3 heteroatoms. The van der Waals surface area contributed by atoms with Gasteiger partial charge in [0.05, 0.1) is 5.60 Å². The van der Waals surface area contributed by atoms with E-state index in [9.17, 15) is 0 Å². The van der Waals surface area contributed by atoms with E-state index in [1.54, 1.807) is 0 Å². The smallest absolute Gasteiger partial charge is 0.0644 e. The zero-order chi connectivity index (χ0) is 11.1. The van der Waals surface area contributed by atoms with Gasteiger partial charge in [0.25, 0.3) is 0 Å². The first-order chi connectivity index (χ1) is 6.94. The summed E-state index contributed by atoms with van der Waals surface area (Å²) in [6, 6.07) is 0. The maximum Gasteiger partial charge on any atom is 0.0644 e. The van der Waals surface area contributed by atoms with E-state index in [4.69, 9.17) is 4.74 Å². The zero-order valence-corrected chi connectivity index (χ0v) is 10.5. The molecule has 0 radical (unpaired) electrons. The maximum atomic E-state index is 5.83. The molecule has 1 spiro atoms. The van der Waals surface area contributed by atoms with Gasteiger partial charge in [0.15, 0.2) is 0 Å². The molecular formula is C12H24N2O. The van der Waals surface area contributed by atoms with E-state index in [2.05, 4.69) is 37.7 Å². The first-order valence-electron chi connectivity index (χ1n) is 5.97. The molecule has 0 bridgehead atoms. The van der Waals surface area contributed by atoms with Crippen molar-refractivity contribution in [1.82, 2.24) is 9.80 Å². The lowest BCUT2D eigenvalue weighted by atomic mass is 9.78. The number of hydrogen-bond donors (Lipinski definition) is 0. The van der Waals surface area contributed by atoms with Crippen LogP contribution in [0.25, 0.3) is 0 Å². The van der Waals surface area contributed by atoms with Crippen molar-refractivity contribution in [2.75, 3.05) is 40.3 Å². The summed E-state index contributed by atoms with van der Waals surface area (Å²) in [4.78, 5) is 5.01. The van der Waals surface area contributed by atoms with Gasteiger partial charge >= 0.3 is 0 Å². The first kappa shape index (κ1) is 11.4. The summed E-state index contributed by atoms with van der Waals surface area (Å²) in [5.74, 6) is 0. The number of rotatable bonds is 0. The standard InChI is InChI=1S/C12H24N2O/c1-11(2)9-12(5-8-15-11)10-13(3)6-7-14(12)4/h5-10H2,1-4H3. The lowest BCUT2D eigenvalue weighted by Gasteiger charge is -2.54. The molecule has 15 heavy (non-hydrogen) atoms. The molecule has 0 aromatic heterocycles. The summed E-state index contributed by atoms with van der Waals surface area (Å²) >= 11 is 0. The molecule has 0 N–H and O–H groups in total. The Hall–Kier alpha value is -0.120. The van der Waals surface area contributed by atoms with Crippen LogP contribution in [0.4, 0.5) is 0 Å². The molecule has 2 heterocycles. The van der Waals surface area contributed by atoms with Crippen molar-refractivity contribution in [2.45, 2.75) is 37.8 Å². The van der Waals surface area contributed by atoms with Crippen LogP contribution < -0.4 is 0 Å². The van der Waals surface area contributed by atoms with Crippen LogP contribution >= 0.6 is 0 Å². The third kappa shape index (κ3) is 2.19. The monoisotopic (exact) mass is 212 g/mol. The molecule has 0 aliphatic carbocycles. The third-order valence-corrected chi connectivity index (χ3v) is 4.01. The normalized spacial score (nSPS) is 38.4. The molecule has 0 amide bonds. The van der Waals surface area contributed by atoms with E-state index >= 15 is 0 Å². The summed E-state index contributed by atoms with van der Waals surface area (Å²) in [6.45, 7) is 8.92. The highest BCUT2D eigenvalue weighted by Gasteiger charge is 2.45. The van der Waals surface area contributed by atoms with Crippen LogP contribution in [0, 0.1) is 0 Å². The summed E-state index contributed by atoms with van der Waals surface area (Å²) in [6.07, 6.45) is 2.33. The minimum Gasteiger partial charge on any atom is -0.375 e. The fraction of sp³-hybridized carbons (Fsp3) is 1.00. The minimum absolute atomic E-state index is 0.0463. The Kier molecular flexibility index (Phi) is 2.82. The van der Waals surface area contributed by atoms with Gasteiger partial charge in [-0.15, -0.1) is 0 Å². The number of nitrogens with zero attached hydrogens (tertiary/aromatic N) is 2. The van der Waals surface area contributed by atoms with Crippen LogP contribution in [0.2, 0.25) is 0 Å². The molecule has 1 atom stereocenters. The van der Waals surface area contributed by atoms with Gasteiger partial charge in [-0.2, -0.15) is 0 Å². The van der Waals surface area contributed by atoms with E-state index in [1.165, 1.54) is 26.1 Å². The fourth-order valence-electron chi connectivity index (χ4n) is 3.17. The van der Waals surface area contributed by atoms with Gasteiger partial charge in [0.2, 0.25) is 0 Å². The highest BCUT2D eigenvalue weighted by molar-refractivity contribution is 5.01. The Bertz CT molecular complexity index is 242. The van der Waals surface area contributed by atoms with E-state index in [-0.39, 0.29) is 5.60 Å². The predicted molar refractivity (Wildman–Crippen MR) is 62.1 cm³/mol. The van der Waals surface area contributed by atoms with Crippen LogP contribution in [0.1, 0.15) is 26.7 Å². The molecule has 2 aliphatic heterocycles. The van der Waals surface area contributed by atoms with Crippen LogP contribution in [0.3, 0.4) is 0 Å². The topological polar surface area (TPSA) is 15.7 Å². The molecule has 0 saturated carbocycles. The molecule has 2 rings (SSSR count). The van der Waals surface area contributed by atoms with Gasteiger partial charge in [0, 0.05) is 31.8 Å². The van der Waals surface area contributed by atoms with Gasteiger partial charge in [-0.1, -0.05) is 0 Å². The Morgan fingerprint density at radius 3 is 2.53 bits per heavy atom. The third-order valence-electron chi connectivity index (χ3n) is 4.01. The SMILES string of the molecule is CN1CCN(C)C2(CCOC(C)(C)C2)C1. The van der Waals surface area contributed by atoms with Crippen LogP contribution in [-0.2, 0) is 4.74 Å². The number of ether oxygens (including phenoxy) is 1. The van der Waals surface area contributed by atoms with Crippen molar-refractivity contribution in [2.24, 2.45) is 0 Å². The van der Waals surface area contributed by atoms with Crippen molar-refractivity contribution >= 4 is 0 Å². The van der Waals surface area contributed by atoms with Crippen molar-refractivity contribution in [3.63, 3.8) is 0 Å². The Balaban J connectivity index is 2.15. The van der Waals surface area contributed by atoms with Gasteiger partial charge < -0.3 is 9.64 Å². The van der Waals surface area contributed by atoms with Gasteiger partial charge in [0.1, 0.15) is 0 Å². The minimum atomic E-state index is 0.0463. The van der Waals surface area contributed by atoms with Crippen molar-refractivity contribution in [3.05, 3.63) is 0 Å². The van der Waals surface area contributed by atoms with Crippen molar-refractivity contribution in [3.8, 4) is 0 Å². The van der Waals surface area contributed by atoms with Crippen LogP contribution in [0.15, 0.2) is 0 Å². The Morgan fingerprint density at radius 1 is 1.13 bits per heavy atom. The number of likely N-dealkylation sites (N-methyl/N-ethyl adjacent to an activating group) is 2. The van der Waals surface area contributed by atoms with Crippen molar-refractivity contribution < 1.29 is 4.74 Å². The van der Waals surface area contributed by atoms with E-state index in [0.717, 1.165) is 13.0 Å². The summed E-state index contributed by atoms with van der Waals surface area (Å²) in [5.41, 5.74) is 0.402. The molecule has 0 aromatic carbocycles. The van der Waals surface area contributed by atoms with Gasteiger partial charge in [-0.25, -0.2) is 0 Å². The molecule has 3 nitrogen and oxygen atoms in total. The molecule has 0 aromatic rings. The molecule has 2 aliphatic rings. The van der Waals surface area contributed by atoms with E-state index in [0.29, 0.717) is 5.54 Å². The average Bonchev–Trinajstić information content (AvgIpc) is 2.10. The van der Waals surface area contributed by atoms with Crippen molar-refractivity contribution in [1.29, 1.82) is 0 Å². The second-order valence-electron chi connectivity index (χ2n) is 5.92. The Labute approximate surface area is 93.4 Å². The quantitative estimate of drug-likeness (QED) is 0.600. The number of piperazine rings is 1. The molecule has 88 valence electrons. The highest BCUT2D eigenvalue weighted by atomic mass is 16.5. The van der Waals surface area contributed by atoms with Gasteiger partial charge in [-0.3, -0.25) is 4.90 Å². The predicted octanol–water partition coefficient (Wildman–Crippen LogP) is 1.19. The average molecular weight is 212 g/mol. The van der Waals surface area contributed by atoms with Gasteiger partial charge in [-0.05, 0) is 40.8 Å². The van der Waals surface area contributed by atoms with E-state index < -0.39 is 0 Å². The van der Waals surface area contributed by atoms with Crippen LogP contribution in [0.5, 0.6) is 0 Å². The van der Waals surface area contributed by atoms with Crippen LogP contribution in [-0.4, -0.2) is 61.3 Å². The maximum absolute atomic E-state index is 5.83. The second-order valence-corrected chi connectivity index (χ2v) is 5.92. The lowest BCUT2D eigenvalue weighted by molar-refractivity contribution is -0.133. The van der Waals surface area contributed by atoms with E-state index in [1.807, 2.05) is 0 Å². The fourth-order valence-corrected chi connectivity index (χ4v) is 3.17. The summed E-state index contributed by atoms with van der Waals surface area (Å²) < 4.78 is 5.83. The Morgan fingerprint density at radius 2 is 1.87 bits per heavy atom. The molecule has 2 saturated heterocycles. The summed E-state index contributed by atoms with van der Waals surface area (Å²) in [7, 11) is 4.51. The summed E-state index contributed by atoms with van der Waals surface area (Å²) in [5, 5.41) is 0. The number of hydrogen-bond acceptors (Lipinski definition) is 3. The largest absolute Gasteiger partial charge is 0.375 e.